The molecule has 0 amide bonds. The third-order valence-electron chi connectivity index (χ3n) is 8.65. The van der Waals surface area contributed by atoms with E-state index in [1.54, 1.807) is 60.7 Å². The van der Waals surface area contributed by atoms with Crippen LogP contribution >= 0.6 is 0 Å². The SMILES string of the molecule is O=S(=O)(C[C@H]1CCC[C@@]2(O1)O[C@@H](COCc1ccccc1)CO[C@]21CCC[C@H](CS(=O)(=O)c2ccccc2)O1)c1ccccc1. The Hall–Kier alpha value is -2.64. The van der Waals surface area contributed by atoms with Crippen molar-refractivity contribution in [2.45, 2.75) is 84.8 Å². The summed E-state index contributed by atoms with van der Waals surface area (Å²) in [5, 5.41) is 0. The van der Waals surface area contributed by atoms with Crippen molar-refractivity contribution in [1.29, 1.82) is 0 Å². The Morgan fingerprint density at radius 1 is 0.622 bits per heavy atom. The molecule has 3 aromatic rings. The second kappa shape index (κ2) is 13.6. The molecule has 5 atom stereocenters. The number of hydrogen-bond acceptors (Lipinski definition) is 9. The summed E-state index contributed by atoms with van der Waals surface area (Å²) in [7, 11) is -7.28. The molecule has 2 spiro atoms. The van der Waals surface area contributed by atoms with Gasteiger partial charge in [0.15, 0.2) is 19.7 Å². The molecule has 3 aromatic carbocycles. The molecule has 0 unspecified atom stereocenters. The topological polar surface area (TPSA) is 114 Å². The van der Waals surface area contributed by atoms with Crippen LogP contribution in [0.3, 0.4) is 0 Å². The van der Waals surface area contributed by atoms with Crippen LogP contribution in [0.5, 0.6) is 0 Å². The van der Waals surface area contributed by atoms with Crippen molar-refractivity contribution < 1.29 is 40.5 Å². The Kier molecular flexibility index (Phi) is 9.77. The maximum Gasteiger partial charge on any atom is 0.224 e. The largest absolute Gasteiger partial charge is 0.374 e. The standard InChI is InChI=1S/C34H40O9S2/c35-44(36,31-16-6-2-7-17-31)25-28-14-10-20-33(41-28)34(43-30(24-40-33)23-39-22-27-12-4-1-5-13-27)21-11-15-29(42-34)26-45(37,38)32-18-8-3-9-19-32/h1-9,12-13,16-19,28-30H,10-11,14-15,20-26H2/t28-,29-,30+,33+,34-/m1/s1. The predicted octanol–water partition coefficient (Wildman–Crippen LogP) is 5.10. The molecule has 0 saturated carbocycles. The molecule has 45 heavy (non-hydrogen) atoms. The molecule has 0 aromatic heterocycles. The normalized spacial score (nSPS) is 29.1. The van der Waals surface area contributed by atoms with E-state index in [-0.39, 0.29) is 34.5 Å². The third kappa shape index (κ3) is 7.35. The molecule has 3 fully saturated rings. The van der Waals surface area contributed by atoms with Crippen LogP contribution in [0.4, 0.5) is 0 Å². The molecular weight excluding hydrogens is 616 g/mol. The van der Waals surface area contributed by atoms with Crippen LogP contribution in [0.1, 0.15) is 44.1 Å². The van der Waals surface area contributed by atoms with Gasteiger partial charge in [-0.25, -0.2) is 16.8 Å². The van der Waals surface area contributed by atoms with Gasteiger partial charge < -0.3 is 23.7 Å². The zero-order valence-electron chi connectivity index (χ0n) is 25.2. The molecule has 6 rings (SSSR count). The predicted molar refractivity (Wildman–Crippen MR) is 167 cm³/mol. The summed E-state index contributed by atoms with van der Waals surface area (Å²) in [4.78, 5) is 0.468. The summed E-state index contributed by atoms with van der Waals surface area (Å²) in [6, 6.07) is 26.5. The second-order valence-corrected chi connectivity index (χ2v) is 16.1. The fraction of sp³-hybridized carbons (Fsp3) is 0.471. The lowest BCUT2D eigenvalue weighted by Crippen LogP contribution is -2.70. The molecule has 0 radical (unpaired) electrons. The highest BCUT2D eigenvalue weighted by molar-refractivity contribution is 7.91. The van der Waals surface area contributed by atoms with E-state index in [0.717, 1.165) is 5.56 Å². The summed E-state index contributed by atoms with van der Waals surface area (Å²) in [5.41, 5.74) is 1.03. The molecule has 0 bridgehead atoms. The van der Waals surface area contributed by atoms with Crippen LogP contribution in [0.15, 0.2) is 101 Å². The van der Waals surface area contributed by atoms with E-state index in [4.69, 9.17) is 23.7 Å². The summed E-state index contributed by atoms with van der Waals surface area (Å²) >= 11 is 0. The van der Waals surface area contributed by atoms with Gasteiger partial charge in [0.25, 0.3) is 0 Å². The van der Waals surface area contributed by atoms with Crippen molar-refractivity contribution in [2.75, 3.05) is 24.7 Å². The first-order valence-electron chi connectivity index (χ1n) is 15.5. The molecule has 11 heteroatoms. The van der Waals surface area contributed by atoms with Gasteiger partial charge in [-0.05, 0) is 55.5 Å². The van der Waals surface area contributed by atoms with Crippen molar-refractivity contribution in [2.24, 2.45) is 0 Å². The van der Waals surface area contributed by atoms with Gasteiger partial charge in [-0.1, -0.05) is 66.7 Å². The molecule has 0 N–H and O–H groups in total. The molecule has 3 saturated heterocycles. The summed E-state index contributed by atoms with van der Waals surface area (Å²) in [5.74, 6) is -3.27. The highest BCUT2D eigenvalue weighted by Gasteiger charge is 2.63. The van der Waals surface area contributed by atoms with E-state index in [1.165, 1.54) is 0 Å². The van der Waals surface area contributed by atoms with Crippen molar-refractivity contribution in [3.8, 4) is 0 Å². The number of ether oxygens (including phenoxy) is 5. The highest BCUT2D eigenvalue weighted by Crippen LogP contribution is 2.50. The van der Waals surface area contributed by atoms with Gasteiger partial charge in [-0.2, -0.15) is 0 Å². The van der Waals surface area contributed by atoms with Gasteiger partial charge in [0.2, 0.25) is 11.6 Å². The molecule has 0 aliphatic carbocycles. The zero-order chi connectivity index (χ0) is 31.4. The van der Waals surface area contributed by atoms with E-state index < -0.39 is 49.6 Å². The van der Waals surface area contributed by atoms with Gasteiger partial charge >= 0.3 is 0 Å². The first-order valence-corrected chi connectivity index (χ1v) is 18.8. The quantitative estimate of drug-likeness (QED) is 0.294. The maximum atomic E-state index is 13.4. The van der Waals surface area contributed by atoms with Crippen molar-refractivity contribution in [1.82, 2.24) is 0 Å². The fourth-order valence-electron chi connectivity index (χ4n) is 6.52. The summed E-state index contributed by atoms with van der Waals surface area (Å²) in [6.07, 6.45) is 1.29. The van der Waals surface area contributed by atoms with E-state index >= 15 is 0 Å². The lowest BCUT2D eigenvalue weighted by molar-refractivity contribution is -0.480. The maximum absolute atomic E-state index is 13.4. The Morgan fingerprint density at radius 3 is 1.64 bits per heavy atom. The number of sulfone groups is 2. The molecule has 3 aliphatic heterocycles. The molecule has 242 valence electrons. The summed E-state index contributed by atoms with van der Waals surface area (Å²) < 4.78 is 85.8. The van der Waals surface area contributed by atoms with E-state index in [0.29, 0.717) is 45.1 Å². The van der Waals surface area contributed by atoms with Gasteiger partial charge in [0.05, 0.1) is 53.3 Å². The molecule has 3 heterocycles. The van der Waals surface area contributed by atoms with E-state index in [2.05, 4.69) is 0 Å². The van der Waals surface area contributed by atoms with Gasteiger partial charge in [0.1, 0.15) is 6.10 Å². The third-order valence-corrected chi connectivity index (χ3v) is 12.3. The van der Waals surface area contributed by atoms with Crippen LogP contribution in [-0.4, -0.2) is 71.4 Å². The Morgan fingerprint density at radius 2 is 1.09 bits per heavy atom. The molecule has 9 nitrogen and oxygen atoms in total. The van der Waals surface area contributed by atoms with Crippen LogP contribution in [0.2, 0.25) is 0 Å². The number of rotatable bonds is 10. The number of hydrogen-bond donors (Lipinski definition) is 0. The fourth-order valence-corrected chi connectivity index (χ4v) is 9.50. The smallest absolute Gasteiger partial charge is 0.224 e. The van der Waals surface area contributed by atoms with Crippen molar-refractivity contribution in [3.63, 3.8) is 0 Å². The Labute approximate surface area is 265 Å². The Balaban J connectivity index is 1.23. The monoisotopic (exact) mass is 656 g/mol. The number of benzene rings is 3. The minimum atomic E-state index is -3.65. The first kappa shape index (κ1) is 32.3. The zero-order valence-corrected chi connectivity index (χ0v) is 26.8. The van der Waals surface area contributed by atoms with E-state index in [1.807, 2.05) is 30.3 Å². The number of fused-ring (bicyclic) bond motifs is 1. The van der Waals surface area contributed by atoms with Crippen LogP contribution in [-0.2, 0) is 50.0 Å². The Bertz CT molecular complexity index is 1620. The van der Waals surface area contributed by atoms with Crippen LogP contribution < -0.4 is 0 Å². The minimum absolute atomic E-state index is 0.158. The minimum Gasteiger partial charge on any atom is -0.374 e. The van der Waals surface area contributed by atoms with E-state index in [9.17, 15) is 16.8 Å². The van der Waals surface area contributed by atoms with Gasteiger partial charge in [-0.3, -0.25) is 0 Å². The molecular formula is C34H40O9S2. The van der Waals surface area contributed by atoms with Gasteiger partial charge in [-0.15, -0.1) is 0 Å². The van der Waals surface area contributed by atoms with Gasteiger partial charge in [0, 0.05) is 12.8 Å². The van der Waals surface area contributed by atoms with Crippen LogP contribution in [0.25, 0.3) is 0 Å². The second-order valence-electron chi connectivity index (χ2n) is 12.0. The van der Waals surface area contributed by atoms with Crippen molar-refractivity contribution >= 4 is 19.7 Å². The lowest BCUT2D eigenvalue weighted by atomic mass is 9.87. The highest BCUT2D eigenvalue weighted by atomic mass is 32.2. The average molecular weight is 657 g/mol. The van der Waals surface area contributed by atoms with Crippen LogP contribution in [0, 0.1) is 0 Å². The van der Waals surface area contributed by atoms with Crippen molar-refractivity contribution in [3.05, 3.63) is 96.6 Å². The average Bonchev–Trinajstić information content (AvgIpc) is 3.04. The lowest BCUT2D eigenvalue weighted by Gasteiger charge is -2.58. The molecule has 3 aliphatic rings. The first-order chi connectivity index (χ1) is 21.7. The summed E-state index contributed by atoms with van der Waals surface area (Å²) in [6.45, 7) is 0.785.